The summed E-state index contributed by atoms with van der Waals surface area (Å²) in [7, 11) is 0. The Labute approximate surface area is 157 Å². The number of allylic oxidation sites excluding steroid dienone is 1. The van der Waals surface area contributed by atoms with Crippen molar-refractivity contribution >= 4 is 11.9 Å². The lowest BCUT2D eigenvalue weighted by Gasteiger charge is -2.17. The maximum atomic E-state index is 12.7. The monoisotopic (exact) mass is 359 g/mol. The molecule has 1 N–H and O–H groups in total. The molecule has 27 heavy (non-hydrogen) atoms. The zero-order chi connectivity index (χ0) is 19.4. The SMILES string of the molecule is Cc1ccc(/C=C2/Oc3c(ccc(O)c3CN(CC#N)CC#N)C2=O)cc1. The molecule has 6 heteroatoms. The predicted molar refractivity (Wildman–Crippen MR) is 98.7 cm³/mol. The Morgan fingerprint density at radius 3 is 2.41 bits per heavy atom. The second-order valence-corrected chi connectivity index (χ2v) is 6.25. The van der Waals surface area contributed by atoms with Gasteiger partial charge in [0.15, 0.2) is 5.76 Å². The number of fused-ring (bicyclic) bond motifs is 1. The first kappa shape index (κ1) is 18.2. The number of hydrogen-bond donors (Lipinski definition) is 1. The van der Waals surface area contributed by atoms with Crippen LogP contribution < -0.4 is 4.74 Å². The second-order valence-electron chi connectivity index (χ2n) is 6.25. The van der Waals surface area contributed by atoms with Gasteiger partial charge in [-0.2, -0.15) is 10.5 Å². The summed E-state index contributed by atoms with van der Waals surface area (Å²) >= 11 is 0. The van der Waals surface area contributed by atoms with Crippen molar-refractivity contribution < 1.29 is 14.6 Å². The first-order valence-electron chi connectivity index (χ1n) is 8.35. The van der Waals surface area contributed by atoms with Gasteiger partial charge < -0.3 is 9.84 Å². The largest absolute Gasteiger partial charge is 0.507 e. The number of rotatable bonds is 5. The number of carbonyl (C=O) groups is 1. The van der Waals surface area contributed by atoms with Crippen molar-refractivity contribution in [3.8, 4) is 23.6 Å². The molecule has 1 aliphatic heterocycles. The number of nitriles is 2. The van der Waals surface area contributed by atoms with Gasteiger partial charge in [-0.1, -0.05) is 29.8 Å². The average molecular weight is 359 g/mol. The normalized spacial score (nSPS) is 13.9. The van der Waals surface area contributed by atoms with Gasteiger partial charge in [-0.25, -0.2) is 0 Å². The molecule has 0 radical (unpaired) electrons. The fourth-order valence-electron chi connectivity index (χ4n) is 2.86. The van der Waals surface area contributed by atoms with Gasteiger partial charge >= 0.3 is 0 Å². The van der Waals surface area contributed by atoms with Crippen molar-refractivity contribution in [3.05, 3.63) is 64.4 Å². The molecule has 0 unspecified atom stereocenters. The van der Waals surface area contributed by atoms with Gasteiger partial charge in [0, 0.05) is 6.54 Å². The van der Waals surface area contributed by atoms with E-state index in [9.17, 15) is 9.90 Å². The number of aromatic hydroxyl groups is 1. The second kappa shape index (κ2) is 7.74. The Balaban J connectivity index is 1.95. The molecule has 0 fully saturated rings. The maximum absolute atomic E-state index is 12.7. The van der Waals surface area contributed by atoms with Crippen LogP contribution in [-0.4, -0.2) is 28.9 Å². The fourth-order valence-corrected chi connectivity index (χ4v) is 2.86. The average Bonchev–Trinajstić information content (AvgIpc) is 2.96. The van der Waals surface area contributed by atoms with E-state index in [1.54, 1.807) is 11.0 Å². The molecule has 0 amide bonds. The van der Waals surface area contributed by atoms with E-state index in [-0.39, 0.29) is 42.7 Å². The highest BCUT2D eigenvalue weighted by atomic mass is 16.5. The number of hydrogen-bond acceptors (Lipinski definition) is 6. The molecule has 3 rings (SSSR count). The Morgan fingerprint density at radius 1 is 1.11 bits per heavy atom. The van der Waals surface area contributed by atoms with E-state index >= 15 is 0 Å². The van der Waals surface area contributed by atoms with E-state index in [1.807, 2.05) is 43.3 Å². The van der Waals surface area contributed by atoms with Crippen LogP contribution in [0, 0.1) is 29.6 Å². The molecule has 0 saturated carbocycles. The van der Waals surface area contributed by atoms with Crippen LogP contribution in [-0.2, 0) is 6.54 Å². The zero-order valence-electron chi connectivity index (χ0n) is 14.8. The minimum Gasteiger partial charge on any atom is -0.507 e. The zero-order valence-corrected chi connectivity index (χ0v) is 14.8. The van der Waals surface area contributed by atoms with Gasteiger partial charge in [0.05, 0.1) is 36.4 Å². The molecule has 0 spiro atoms. The summed E-state index contributed by atoms with van der Waals surface area (Å²) in [6, 6.07) is 14.6. The van der Waals surface area contributed by atoms with Crippen molar-refractivity contribution in [1.82, 2.24) is 4.90 Å². The third-order valence-electron chi connectivity index (χ3n) is 4.26. The van der Waals surface area contributed by atoms with Gasteiger partial charge in [0.1, 0.15) is 11.5 Å². The van der Waals surface area contributed by atoms with Crippen molar-refractivity contribution in [2.45, 2.75) is 13.5 Å². The Bertz CT molecular complexity index is 979. The molecule has 2 aromatic carbocycles. The molecule has 134 valence electrons. The molecule has 0 bridgehead atoms. The molecular weight excluding hydrogens is 342 g/mol. The number of phenols is 1. The van der Waals surface area contributed by atoms with Crippen molar-refractivity contribution in [2.75, 3.05) is 13.1 Å². The quantitative estimate of drug-likeness (QED) is 0.650. The number of Topliss-reactive ketones (excluding diaryl/α,β-unsaturated/α-hetero) is 1. The van der Waals surface area contributed by atoms with Crippen LogP contribution in [0.25, 0.3) is 6.08 Å². The van der Waals surface area contributed by atoms with E-state index in [0.717, 1.165) is 11.1 Å². The predicted octanol–water partition coefficient (Wildman–Crippen LogP) is 3.17. The van der Waals surface area contributed by atoms with E-state index < -0.39 is 0 Å². The number of aryl methyl sites for hydroxylation is 1. The molecular formula is C21H17N3O3. The third-order valence-corrected chi connectivity index (χ3v) is 4.26. The summed E-state index contributed by atoms with van der Waals surface area (Å²) in [5.41, 5.74) is 2.69. The van der Waals surface area contributed by atoms with E-state index in [2.05, 4.69) is 0 Å². The summed E-state index contributed by atoms with van der Waals surface area (Å²) in [6.45, 7) is 2.15. The minimum absolute atomic E-state index is 0.0245. The van der Waals surface area contributed by atoms with Crippen molar-refractivity contribution in [1.29, 1.82) is 10.5 Å². The van der Waals surface area contributed by atoms with Gasteiger partial charge in [0.25, 0.3) is 0 Å². The Hall–Kier alpha value is -3.61. The number of ether oxygens (including phenoxy) is 1. The van der Waals surface area contributed by atoms with Crippen LogP contribution in [0.3, 0.4) is 0 Å². The summed E-state index contributed by atoms with van der Waals surface area (Å²) in [4.78, 5) is 14.2. The molecule has 0 atom stereocenters. The molecule has 6 nitrogen and oxygen atoms in total. The fraction of sp³-hybridized carbons (Fsp3) is 0.190. The Kier molecular flexibility index (Phi) is 5.21. The first-order chi connectivity index (χ1) is 13.0. The third kappa shape index (κ3) is 3.82. The first-order valence-corrected chi connectivity index (χ1v) is 8.35. The van der Waals surface area contributed by atoms with Crippen molar-refractivity contribution in [3.63, 3.8) is 0 Å². The standard InChI is InChI=1S/C21H17N3O3/c1-14-2-4-15(5-3-14)12-19-20(26)16-6-7-18(25)17(21(16)27-19)13-24(10-8-22)11-9-23/h2-7,12,25H,10-11,13H2,1H3/b19-12+. The molecule has 0 aromatic heterocycles. The molecule has 0 aliphatic carbocycles. The number of benzene rings is 2. The van der Waals surface area contributed by atoms with Gasteiger partial charge in [-0.15, -0.1) is 0 Å². The highest BCUT2D eigenvalue weighted by Gasteiger charge is 2.31. The minimum atomic E-state index is -0.265. The molecule has 0 saturated heterocycles. The molecule has 1 heterocycles. The van der Waals surface area contributed by atoms with E-state index in [1.165, 1.54) is 12.1 Å². The number of nitrogens with zero attached hydrogens (tertiary/aromatic N) is 3. The van der Waals surface area contributed by atoms with Crippen LogP contribution in [0.4, 0.5) is 0 Å². The molecule has 1 aliphatic rings. The summed E-state index contributed by atoms with van der Waals surface area (Å²) < 4.78 is 5.78. The highest BCUT2D eigenvalue weighted by Crippen LogP contribution is 2.40. The number of phenolic OH excluding ortho intramolecular Hbond substituents is 1. The number of ketones is 1. The summed E-state index contributed by atoms with van der Waals surface area (Å²) in [6.07, 6.45) is 1.66. The lowest BCUT2D eigenvalue weighted by molar-refractivity contribution is 0.101. The smallest absolute Gasteiger partial charge is 0.231 e. The van der Waals surface area contributed by atoms with E-state index in [4.69, 9.17) is 15.3 Å². The Morgan fingerprint density at radius 2 is 1.78 bits per heavy atom. The molecule has 2 aromatic rings. The topological polar surface area (TPSA) is 97.3 Å². The van der Waals surface area contributed by atoms with Gasteiger partial charge in [0.2, 0.25) is 5.78 Å². The van der Waals surface area contributed by atoms with Gasteiger partial charge in [-0.05, 0) is 30.7 Å². The number of carbonyl (C=O) groups excluding carboxylic acids is 1. The highest BCUT2D eigenvalue weighted by molar-refractivity contribution is 6.15. The van der Waals surface area contributed by atoms with Crippen LogP contribution in [0.5, 0.6) is 11.5 Å². The lowest BCUT2D eigenvalue weighted by Crippen LogP contribution is -2.24. The van der Waals surface area contributed by atoms with E-state index in [0.29, 0.717) is 11.1 Å². The van der Waals surface area contributed by atoms with Crippen LogP contribution >= 0.6 is 0 Å². The van der Waals surface area contributed by atoms with Gasteiger partial charge in [-0.3, -0.25) is 9.69 Å². The van der Waals surface area contributed by atoms with Crippen molar-refractivity contribution in [2.24, 2.45) is 0 Å². The lowest BCUT2D eigenvalue weighted by atomic mass is 10.0. The summed E-state index contributed by atoms with van der Waals surface area (Å²) in [5, 5.41) is 28.1. The van der Waals surface area contributed by atoms with Crippen LogP contribution in [0.2, 0.25) is 0 Å². The van der Waals surface area contributed by atoms with Crippen LogP contribution in [0.1, 0.15) is 27.0 Å². The summed E-state index contributed by atoms with van der Waals surface area (Å²) in [5.74, 6) is 0.144. The van der Waals surface area contributed by atoms with Crippen LogP contribution in [0.15, 0.2) is 42.2 Å². The maximum Gasteiger partial charge on any atom is 0.231 e.